The molecule has 0 saturated heterocycles. The van der Waals surface area contributed by atoms with Crippen LogP contribution in [0.25, 0.3) is 0 Å². The Kier molecular flexibility index (Phi) is 5.20. The van der Waals surface area contributed by atoms with E-state index < -0.39 is 11.4 Å². The van der Waals surface area contributed by atoms with Crippen LogP contribution in [0.2, 0.25) is 0 Å². The first-order valence-electron chi connectivity index (χ1n) is 7.09. The van der Waals surface area contributed by atoms with E-state index in [1.54, 1.807) is 0 Å². The van der Waals surface area contributed by atoms with Crippen molar-refractivity contribution in [3.8, 4) is 0 Å². The third-order valence-electron chi connectivity index (χ3n) is 4.19. The lowest BCUT2D eigenvalue weighted by atomic mass is 9.64. The fourth-order valence-electron chi connectivity index (χ4n) is 2.56. The van der Waals surface area contributed by atoms with Gasteiger partial charge in [0.15, 0.2) is 0 Å². The quantitative estimate of drug-likeness (QED) is 0.737. The molecule has 3 heteroatoms. The number of hydrogen-bond donors (Lipinski definition) is 1. The Hall–Kier alpha value is -0.570. The van der Waals surface area contributed by atoms with Crippen LogP contribution in [0.4, 0.5) is 0 Å². The first kappa shape index (κ1) is 15.5. The van der Waals surface area contributed by atoms with E-state index in [1.807, 2.05) is 0 Å². The molecule has 0 aromatic carbocycles. The minimum absolute atomic E-state index is 0.303. The fraction of sp³-hybridized carbons (Fsp3) is 0.933. The van der Waals surface area contributed by atoms with Gasteiger partial charge in [0.05, 0.1) is 5.41 Å². The molecule has 0 aromatic heterocycles. The molecular formula is C15H28O3. The summed E-state index contributed by atoms with van der Waals surface area (Å²) in [6, 6.07) is 0. The summed E-state index contributed by atoms with van der Waals surface area (Å²) in [5.74, 6) is -0.123. The monoisotopic (exact) mass is 256 g/mol. The van der Waals surface area contributed by atoms with Crippen LogP contribution in [-0.2, 0) is 9.53 Å². The molecule has 0 aromatic rings. The molecule has 106 valence electrons. The zero-order valence-electron chi connectivity index (χ0n) is 12.3. The first-order chi connectivity index (χ1) is 8.27. The van der Waals surface area contributed by atoms with Crippen LogP contribution in [0, 0.1) is 16.7 Å². The molecule has 18 heavy (non-hydrogen) atoms. The second-order valence-corrected chi connectivity index (χ2v) is 6.97. The molecule has 1 fully saturated rings. The van der Waals surface area contributed by atoms with Crippen LogP contribution in [0.1, 0.15) is 59.8 Å². The van der Waals surface area contributed by atoms with Crippen molar-refractivity contribution in [2.24, 2.45) is 16.7 Å². The van der Waals surface area contributed by atoms with Gasteiger partial charge in [-0.2, -0.15) is 0 Å². The Morgan fingerprint density at radius 1 is 1.22 bits per heavy atom. The third-order valence-corrected chi connectivity index (χ3v) is 4.19. The van der Waals surface area contributed by atoms with E-state index >= 15 is 0 Å². The number of aliphatic carboxylic acids is 1. The summed E-state index contributed by atoms with van der Waals surface area (Å²) >= 11 is 0. The first-order valence-corrected chi connectivity index (χ1v) is 7.09. The van der Waals surface area contributed by atoms with Gasteiger partial charge in [0, 0.05) is 13.2 Å². The molecule has 0 radical (unpaired) electrons. The second kappa shape index (κ2) is 6.05. The van der Waals surface area contributed by atoms with E-state index in [4.69, 9.17) is 4.74 Å². The average molecular weight is 256 g/mol. The van der Waals surface area contributed by atoms with Crippen molar-refractivity contribution in [1.29, 1.82) is 0 Å². The van der Waals surface area contributed by atoms with Crippen molar-refractivity contribution in [3.63, 3.8) is 0 Å². The Morgan fingerprint density at radius 3 is 2.22 bits per heavy atom. The van der Waals surface area contributed by atoms with Crippen molar-refractivity contribution in [2.75, 3.05) is 13.2 Å². The molecule has 1 saturated carbocycles. The SMILES string of the molecule is CC(C)COCCC1(C(=O)O)CCC(C)(C)CC1. The molecule has 0 aliphatic heterocycles. The Balaban J connectivity index is 2.48. The average Bonchev–Trinajstić information content (AvgIpc) is 2.26. The van der Waals surface area contributed by atoms with E-state index in [0.29, 0.717) is 24.4 Å². The van der Waals surface area contributed by atoms with E-state index in [9.17, 15) is 9.90 Å². The van der Waals surface area contributed by atoms with Crippen molar-refractivity contribution >= 4 is 5.97 Å². The largest absolute Gasteiger partial charge is 0.481 e. The van der Waals surface area contributed by atoms with Crippen molar-refractivity contribution in [3.05, 3.63) is 0 Å². The number of hydrogen-bond acceptors (Lipinski definition) is 2. The summed E-state index contributed by atoms with van der Waals surface area (Å²) in [5, 5.41) is 9.51. The van der Waals surface area contributed by atoms with Gasteiger partial charge in [-0.25, -0.2) is 0 Å². The highest BCUT2D eigenvalue weighted by Gasteiger charge is 2.43. The lowest BCUT2D eigenvalue weighted by Gasteiger charge is -2.40. The summed E-state index contributed by atoms with van der Waals surface area (Å²) in [4.78, 5) is 11.6. The van der Waals surface area contributed by atoms with Crippen molar-refractivity contribution < 1.29 is 14.6 Å². The molecule has 1 aliphatic carbocycles. The molecule has 1 rings (SSSR count). The van der Waals surface area contributed by atoms with Crippen LogP contribution in [0.5, 0.6) is 0 Å². The van der Waals surface area contributed by atoms with Crippen LogP contribution >= 0.6 is 0 Å². The molecule has 0 unspecified atom stereocenters. The number of ether oxygens (including phenoxy) is 1. The topological polar surface area (TPSA) is 46.5 Å². The predicted octanol–water partition coefficient (Wildman–Crippen LogP) is 3.72. The predicted molar refractivity (Wildman–Crippen MR) is 72.6 cm³/mol. The zero-order chi connectivity index (χ0) is 13.8. The third kappa shape index (κ3) is 4.27. The van der Waals surface area contributed by atoms with Gasteiger partial charge < -0.3 is 9.84 Å². The molecule has 0 bridgehead atoms. The van der Waals surface area contributed by atoms with E-state index in [2.05, 4.69) is 27.7 Å². The highest BCUT2D eigenvalue weighted by Crippen LogP contribution is 2.47. The molecule has 1 N–H and O–H groups in total. The van der Waals surface area contributed by atoms with Gasteiger partial charge in [-0.05, 0) is 43.4 Å². The highest BCUT2D eigenvalue weighted by molar-refractivity contribution is 5.74. The Labute approximate surface area is 111 Å². The zero-order valence-corrected chi connectivity index (χ0v) is 12.3. The normalized spacial score (nSPS) is 22.1. The lowest BCUT2D eigenvalue weighted by molar-refractivity contribution is -0.154. The highest BCUT2D eigenvalue weighted by atomic mass is 16.5. The van der Waals surface area contributed by atoms with Gasteiger partial charge >= 0.3 is 5.97 Å². The van der Waals surface area contributed by atoms with Crippen LogP contribution in [0.3, 0.4) is 0 Å². The van der Waals surface area contributed by atoms with Gasteiger partial charge in [-0.1, -0.05) is 27.7 Å². The van der Waals surface area contributed by atoms with Gasteiger partial charge in [-0.3, -0.25) is 4.79 Å². The minimum Gasteiger partial charge on any atom is -0.481 e. The number of carboxylic acid groups (broad SMARTS) is 1. The van der Waals surface area contributed by atoms with Gasteiger partial charge in [0.2, 0.25) is 0 Å². The molecule has 0 atom stereocenters. The maximum Gasteiger partial charge on any atom is 0.309 e. The van der Waals surface area contributed by atoms with Crippen LogP contribution < -0.4 is 0 Å². The standard InChI is InChI=1S/C15H28O3/c1-12(2)11-18-10-9-15(13(16)17)7-5-14(3,4)6-8-15/h12H,5-11H2,1-4H3,(H,16,17). The van der Waals surface area contributed by atoms with Gasteiger partial charge in [0.25, 0.3) is 0 Å². The number of rotatable bonds is 6. The summed E-state index contributed by atoms with van der Waals surface area (Å²) in [7, 11) is 0. The fourth-order valence-corrected chi connectivity index (χ4v) is 2.56. The van der Waals surface area contributed by atoms with Crippen LogP contribution in [0.15, 0.2) is 0 Å². The number of carboxylic acids is 1. The molecular weight excluding hydrogens is 228 g/mol. The molecule has 0 spiro atoms. The van der Waals surface area contributed by atoms with E-state index in [0.717, 1.165) is 32.3 Å². The molecule has 1 aliphatic rings. The van der Waals surface area contributed by atoms with Crippen LogP contribution in [-0.4, -0.2) is 24.3 Å². The Bertz CT molecular complexity index is 271. The molecule has 3 nitrogen and oxygen atoms in total. The lowest BCUT2D eigenvalue weighted by Crippen LogP contribution is -2.38. The summed E-state index contributed by atoms with van der Waals surface area (Å²) < 4.78 is 5.56. The maximum atomic E-state index is 11.6. The summed E-state index contributed by atoms with van der Waals surface area (Å²) in [6.07, 6.45) is 4.25. The van der Waals surface area contributed by atoms with Gasteiger partial charge in [-0.15, -0.1) is 0 Å². The van der Waals surface area contributed by atoms with Gasteiger partial charge in [0.1, 0.15) is 0 Å². The molecule has 0 heterocycles. The Morgan fingerprint density at radius 2 is 1.78 bits per heavy atom. The smallest absolute Gasteiger partial charge is 0.309 e. The number of carbonyl (C=O) groups is 1. The summed E-state index contributed by atoms with van der Waals surface area (Å²) in [5.41, 5.74) is -0.232. The van der Waals surface area contributed by atoms with E-state index in [1.165, 1.54) is 0 Å². The van der Waals surface area contributed by atoms with Crippen molar-refractivity contribution in [1.82, 2.24) is 0 Å². The second-order valence-electron chi connectivity index (χ2n) is 6.97. The molecule has 0 amide bonds. The summed E-state index contributed by atoms with van der Waals surface area (Å²) in [6.45, 7) is 9.97. The minimum atomic E-state index is -0.633. The van der Waals surface area contributed by atoms with Crippen molar-refractivity contribution in [2.45, 2.75) is 59.8 Å². The maximum absolute atomic E-state index is 11.6. The van der Waals surface area contributed by atoms with E-state index in [-0.39, 0.29) is 0 Å².